The standard InChI is InChI=1S/C23H19Cl3N4O2/c1-12-4-7-16(8-5-12)30-28-17-9-6-15(10-18(17)29-30)27-19(31)11-32-23-21(25)13(2)20(24)14(3)22(23)26/h4-10H,11H2,1-3H3,(H,27,31). The molecule has 0 saturated heterocycles. The Hall–Kier alpha value is -2.80. The van der Waals surface area contributed by atoms with Crippen LogP contribution in [-0.2, 0) is 4.79 Å². The van der Waals surface area contributed by atoms with Crippen LogP contribution in [0.4, 0.5) is 5.69 Å². The highest BCUT2D eigenvalue weighted by Crippen LogP contribution is 2.42. The number of ether oxygens (including phenoxy) is 1. The van der Waals surface area contributed by atoms with Crippen LogP contribution in [0.2, 0.25) is 15.1 Å². The molecule has 0 saturated carbocycles. The Labute approximate surface area is 200 Å². The second kappa shape index (κ2) is 8.98. The fraction of sp³-hybridized carbons (Fsp3) is 0.174. The number of aryl methyl sites for hydroxylation is 1. The van der Waals surface area contributed by atoms with Gasteiger partial charge in [0.05, 0.1) is 15.7 Å². The third-order valence-electron chi connectivity index (χ3n) is 4.99. The van der Waals surface area contributed by atoms with Gasteiger partial charge < -0.3 is 10.1 Å². The van der Waals surface area contributed by atoms with Crippen LogP contribution in [0.3, 0.4) is 0 Å². The number of hydrogen-bond acceptors (Lipinski definition) is 4. The SMILES string of the molecule is Cc1ccc(-n2nc3ccc(NC(=O)COc4c(Cl)c(C)c(Cl)c(C)c4Cl)cc3n2)cc1. The third kappa shape index (κ3) is 4.39. The average Bonchev–Trinajstić information content (AvgIpc) is 3.20. The molecule has 0 spiro atoms. The number of amides is 1. The molecule has 6 nitrogen and oxygen atoms in total. The van der Waals surface area contributed by atoms with Gasteiger partial charge in [0.25, 0.3) is 5.91 Å². The molecular formula is C23H19Cl3N4O2. The molecule has 0 fully saturated rings. The minimum Gasteiger partial charge on any atom is -0.481 e. The number of benzene rings is 3. The summed E-state index contributed by atoms with van der Waals surface area (Å²) >= 11 is 18.8. The van der Waals surface area contributed by atoms with Gasteiger partial charge in [-0.05, 0) is 62.2 Å². The number of rotatable bonds is 5. The molecule has 0 atom stereocenters. The van der Waals surface area contributed by atoms with Gasteiger partial charge in [-0.25, -0.2) is 0 Å². The molecule has 1 heterocycles. The molecule has 0 aliphatic carbocycles. The molecule has 4 rings (SSSR count). The van der Waals surface area contributed by atoms with Crippen LogP contribution in [0.5, 0.6) is 5.75 Å². The van der Waals surface area contributed by atoms with Crippen LogP contribution >= 0.6 is 34.8 Å². The first-order chi connectivity index (χ1) is 15.2. The molecule has 164 valence electrons. The lowest BCUT2D eigenvalue weighted by Gasteiger charge is -2.15. The van der Waals surface area contributed by atoms with E-state index in [0.29, 0.717) is 32.9 Å². The van der Waals surface area contributed by atoms with Crippen molar-refractivity contribution in [2.75, 3.05) is 11.9 Å². The molecule has 1 aromatic heterocycles. The van der Waals surface area contributed by atoms with E-state index in [1.165, 1.54) is 0 Å². The lowest BCUT2D eigenvalue weighted by atomic mass is 10.1. The zero-order valence-corrected chi connectivity index (χ0v) is 19.8. The first kappa shape index (κ1) is 22.4. The predicted octanol–water partition coefficient (Wildman–Crippen LogP) is 6.32. The van der Waals surface area contributed by atoms with E-state index in [1.54, 1.807) is 36.8 Å². The number of halogens is 3. The highest BCUT2D eigenvalue weighted by Gasteiger charge is 2.19. The molecular weight excluding hydrogens is 471 g/mol. The van der Waals surface area contributed by atoms with E-state index in [1.807, 2.05) is 31.2 Å². The molecule has 3 aromatic carbocycles. The van der Waals surface area contributed by atoms with E-state index in [0.717, 1.165) is 11.3 Å². The van der Waals surface area contributed by atoms with Crippen LogP contribution < -0.4 is 10.1 Å². The number of hydrogen-bond donors (Lipinski definition) is 1. The van der Waals surface area contributed by atoms with E-state index in [2.05, 4.69) is 15.5 Å². The summed E-state index contributed by atoms with van der Waals surface area (Å²) < 4.78 is 5.61. The maximum atomic E-state index is 12.5. The Morgan fingerprint density at radius 3 is 2.19 bits per heavy atom. The molecule has 0 aliphatic heterocycles. The Bertz CT molecular complexity index is 1300. The molecule has 0 aliphatic rings. The van der Waals surface area contributed by atoms with Gasteiger partial charge in [0.1, 0.15) is 11.0 Å². The third-order valence-corrected chi connectivity index (χ3v) is 6.47. The smallest absolute Gasteiger partial charge is 0.262 e. The summed E-state index contributed by atoms with van der Waals surface area (Å²) in [4.78, 5) is 14.0. The Kier molecular flexibility index (Phi) is 6.29. The van der Waals surface area contributed by atoms with Gasteiger partial charge in [-0.1, -0.05) is 52.5 Å². The number of fused-ring (bicyclic) bond motifs is 1. The lowest BCUT2D eigenvalue weighted by Crippen LogP contribution is -2.20. The Balaban J connectivity index is 1.48. The van der Waals surface area contributed by atoms with E-state index < -0.39 is 0 Å². The summed E-state index contributed by atoms with van der Waals surface area (Å²) in [6, 6.07) is 13.2. The normalized spacial score (nSPS) is 11.1. The monoisotopic (exact) mass is 488 g/mol. The second-order valence-electron chi connectivity index (χ2n) is 7.39. The van der Waals surface area contributed by atoms with Crippen LogP contribution in [0, 0.1) is 20.8 Å². The molecule has 9 heteroatoms. The Morgan fingerprint density at radius 2 is 1.53 bits per heavy atom. The van der Waals surface area contributed by atoms with Crippen molar-refractivity contribution in [3.8, 4) is 11.4 Å². The number of nitrogens with one attached hydrogen (secondary N) is 1. The number of aromatic nitrogens is 3. The second-order valence-corrected chi connectivity index (χ2v) is 8.52. The summed E-state index contributed by atoms with van der Waals surface area (Å²) in [6.45, 7) is 5.28. The van der Waals surface area contributed by atoms with Crippen LogP contribution in [0.25, 0.3) is 16.7 Å². The molecule has 4 aromatic rings. The maximum Gasteiger partial charge on any atom is 0.262 e. The first-order valence-corrected chi connectivity index (χ1v) is 10.9. The number of nitrogens with zero attached hydrogens (tertiary/aromatic N) is 3. The predicted molar refractivity (Wildman–Crippen MR) is 129 cm³/mol. The fourth-order valence-electron chi connectivity index (χ4n) is 3.16. The van der Waals surface area contributed by atoms with Gasteiger partial charge in [-0.15, -0.1) is 10.2 Å². The molecule has 1 amide bonds. The largest absolute Gasteiger partial charge is 0.481 e. The maximum absolute atomic E-state index is 12.5. The van der Waals surface area contributed by atoms with Crippen LogP contribution in [-0.4, -0.2) is 27.5 Å². The summed E-state index contributed by atoms with van der Waals surface area (Å²) in [7, 11) is 0. The van der Waals surface area contributed by atoms with Gasteiger partial charge in [-0.2, -0.15) is 4.80 Å². The van der Waals surface area contributed by atoms with E-state index in [-0.39, 0.29) is 28.3 Å². The van der Waals surface area contributed by atoms with Gasteiger partial charge in [-0.3, -0.25) is 4.79 Å². The molecule has 0 radical (unpaired) electrons. The lowest BCUT2D eigenvalue weighted by molar-refractivity contribution is -0.118. The molecule has 0 bridgehead atoms. The van der Waals surface area contributed by atoms with Crippen molar-refractivity contribution < 1.29 is 9.53 Å². The summed E-state index contributed by atoms with van der Waals surface area (Å²) in [5.74, 6) is -0.132. The highest BCUT2D eigenvalue weighted by atomic mass is 35.5. The van der Waals surface area contributed by atoms with Crippen LogP contribution in [0.1, 0.15) is 16.7 Å². The number of carbonyl (C=O) groups is 1. The van der Waals surface area contributed by atoms with Crippen molar-refractivity contribution in [1.82, 2.24) is 15.0 Å². The summed E-state index contributed by atoms with van der Waals surface area (Å²) in [5, 5.41) is 12.8. The van der Waals surface area contributed by atoms with Crippen LogP contribution in [0.15, 0.2) is 42.5 Å². The topological polar surface area (TPSA) is 69.0 Å². The highest BCUT2D eigenvalue weighted by molar-refractivity contribution is 6.42. The minimum absolute atomic E-state index is 0.236. The van der Waals surface area contributed by atoms with Crippen molar-refractivity contribution >= 4 is 57.4 Å². The molecule has 1 N–H and O–H groups in total. The van der Waals surface area contributed by atoms with Gasteiger partial charge >= 0.3 is 0 Å². The van der Waals surface area contributed by atoms with Crippen molar-refractivity contribution in [1.29, 1.82) is 0 Å². The minimum atomic E-state index is -0.368. The first-order valence-electron chi connectivity index (χ1n) is 9.75. The van der Waals surface area contributed by atoms with Gasteiger partial charge in [0.2, 0.25) is 0 Å². The summed E-state index contributed by atoms with van der Waals surface area (Å²) in [6.07, 6.45) is 0. The Morgan fingerprint density at radius 1 is 0.906 bits per heavy atom. The van der Waals surface area contributed by atoms with Gasteiger partial charge in [0, 0.05) is 10.7 Å². The quantitative estimate of drug-likeness (QED) is 0.356. The van der Waals surface area contributed by atoms with Crippen molar-refractivity contribution in [3.05, 3.63) is 74.2 Å². The van der Waals surface area contributed by atoms with E-state index in [9.17, 15) is 4.79 Å². The zero-order valence-electron chi connectivity index (χ0n) is 17.5. The van der Waals surface area contributed by atoms with Crippen molar-refractivity contribution in [2.45, 2.75) is 20.8 Å². The summed E-state index contributed by atoms with van der Waals surface area (Å²) in [5.41, 5.74) is 5.24. The average molecular weight is 490 g/mol. The fourth-order valence-corrected chi connectivity index (χ4v) is 3.98. The van der Waals surface area contributed by atoms with E-state index in [4.69, 9.17) is 39.5 Å². The van der Waals surface area contributed by atoms with Crippen molar-refractivity contribution in [3.63, 3.8) is 0 Å². The molecule has 32 heavy (non-hydrogen) atoms. The van der Waals surface area contributed by atoms with E-state index >= 15 is 0 Å². The van der Waals surface area contributed by atoms with Gasteiger partial charge in [0.15, 0.2) is 12.4 Å². The molecule has 0 unspecified atom stereocenters. The number of carbonyl (C=O) groups excluding carboxylic acids is 1. The van der Waals surface area contributed by atoms with Crippen molar-refractivity contribution in [2.24, 2.45) is 0 Å². The zero-order chi connectivity index (χ0) is 23.0. The number of anilines is 1.